The monoisotopic (exact) mass is 499 g/mol. The molecule has 0 saturated heterocycles. The molecule has 3 aliphatic rings. The summed E-state index contributed by atoms with van der Waals surface area (Å²) in [6.07, 6.45) is 0.261. The number of ketones is 2. The molecule has 8 N–H and O–H groups in total. The van der Waals surface area contributed by atoms with Gasteiger partial charge in [0.1, 0.15) is 22.8 Å². The second-order valence-electron chi connectivity index (χ2n) is 11.2. The summed E-state index contributed by atoms with van der Waals surface area (Å²) in [6, 6.07) is 0.761. The zero-order chi connectivity index (χ0) is 27.1. The van der Waals surface area contributed by atoms with Gasteiger partial charge >= 0.3 is 0 Å². The smallest absolute Gasteiger partial charge is 0.255 e. The number of phenols is 1. The summed E-state index contributed by atoms with van der Waals surface area (Å²) in [5.74, 6) is -6.61. The second kappa shape index (κ2) is 8.16. The van der Waals surface area contributed by atoms with Gasteiger partial charge in [0.2, 0.25) is 5.78 Å². The van der Waals surface area contributed by atoms with Crippen molar-refractivity contribution in [2.24, 2.45) is 23.3 Å². The Bertz CT molecular complexity index is 1270. The number of aliphatic hydroxyl groups excluding tert-OH is 2. The second-order valence-corrected chi connectivity index (χ2v) is 11.2. The molecule has 0 bridgehead atoms. The van der Waals surface area contributed by atoms with Gasteiger partial charge in [-0.3, -0.25) is 19.3 Å². The van der Waals surface area contributed by atoms with Gasteiger partial charge < -0.3 is 31.9 Å². The van der Waals surface area contributed by atoms with Crippen LogP contribution in [0.1, 0.15) is 54.2 Å². The highest BCUT2D eigenvalue weighted by atomic mass is 16.3. The van der Waals surface area contributed by atoms with Crippen molar-refractivity contribution >= 4 is 17.5 Å². The molecule has 4 rings (SSSR count). The van der Waals surface area contributed by atoms with E-state index in [0.29, 0.717) is 16.7 Å². The summed E-state index contributed by atoms with van der Waals surface area (Å²) in [4.78, 5) is 40.8. The van der Waals surface area contributed by atoms with Crippen molar-refractivity contribution in [2.75, 3.05) is 14.1 Å². The Morgan fingerprint density at radius 3 is 2.31 bits per heavy atom. The fourth-order valence-corrected chi connectivity index (χ4v) is 6.15. The molecule has 0 unspecified atom stereocenters. The molecule has 1 aromatic rings. The third kappa shape index (κ3) is 3.31. The van der Waals surface area contributed by atoms with E-state index in [2.05, 4.69) is 0 Å². The number of allylic oxidation sites excluding steroid dienone is 1. The van der Waals surface area contributed by atoms with Gasteiger partial charge in [-0.15, -0.1) is 0 Å². The Morgan fingerprint density at radius 1 is 1.19 bits per heavy atom. The van der Waals surface area contributed by atoms with Gasteiger partial charge in [0, 0.05) is 23.6 Å². The largest absolute Gasteiger partial charge is 0.510 e. The number of hydrogen-bond donors (Lipinski definition) is 6. The van der Waals surface area contributed by atoms with Crippen LogP contribution in [0.2, 0.25) is 0 Å². The zero-order valence-corrected chi connectivity index (χ0v) is 21.0. The van der Waals surface area contributed by atoms with Crippen molar-refractivity contribution in [2.45, 2.75) is 57.2 Å². The first-order chi connectivity index (χ1) is 16.6. The number of carbonyl (C=O) groups excluding carboxylic acids is 3. The number of amides is 1. The molecule has 0 fully saturated rings. The molecule has 0 saturated carbocycles. The predicted molar refractivity (Wildman–Crippen MR) is 130 cm³/mol. The van der Waals surface area contributed by atoms with E-state index in [0.717, 1.165) is 0 Å². The zero-order valence-electron chi connectivity index (χ0n) is 21.0. The third-order valence-corrected chi connectivity index (χ3v) is 7.84. The summed E-state index contributed by atoms with van der Waals surface area (Å²) in [5, 5.41) is 45.0. The number of rotatable bonds is 3. The maximum atomic E-state index is 13.8. The number of nitrogens with zero attached hydrogens (tertiary/aromatic N) is 1. The summed E-state index contributed by atoms with van der Waals surface area (Å²) in [7, 11) is 3.18. The van der Waals surface area contributed by atoms with E-state index in [4.69, 9.17) is 11.5 Å². The van der Waals surface area contributed by atoms with Crippen LogP contribution in [-0.4, -0.2) is 68.5 Å². The highest BCUT2D eigenvalue weighted by Crippen LogP contribution is 2.53. The summed E-state index contributed by atoms with van der Waals surface area (Å²) in [5.41, 5.74) is 8.92. The normalized spacial score (nSPS) is 28.3. The van der Waals surface area contributed by atoms with E-state index in [9.17, 15) is 34.8 Å². The minimum Gasteiger partial charge on any atom is -0.510 e. The first kappa shape index (κ1) is 25.9. The molecule has 0 spiro atoms. The maximum absolute atomic E-state index is 13.8. The Labute approximate surface area is 208 Å². The lowest BCUT2D eigenvalue weighted by atomic mass is 9.58. The van der Waals surface area contributed by atoms with Gasteiger partial charge in [-0.2, -0.15) is 0 Å². The van der Waals surface area contributed by atoms with Crippen LogP contribution in [0, 0.1) is 11.8 Å². The molecule has 10 nitrogen and oxygen atoms in total. The SMILES string of the molecule is CN(C)[C@H]1C(O)=C(C(N)=O)C(=O)[C@@]2(O)C(O)=C3C(=O)c4c(O)c(C(C)(C)C)cc(CN)c4C[C@@H]3C[C@H]12. The minimum atomic E-state index is -2.65. The van der Waals surface area contributed by atoms with E-state index in [-0.39, 0.29) is 36.3 Å². The van der Waals surface area contributed by atoms with E-state index >= 15 is 0 Å². The number of fused-ring (bicyclic) bond motifs is 3. The Morgan fingerprint density at radius 2 is 1.81 bits per heavy atom. The van der Waals surface area contributed by atoms with Crippen molar-refractivity contribution in [3.8, 4) is 5.75 Å². The number of hydrogen-bond acceptors (Lipinski definition) is 9. The summed E-state index contributed by atoms with van der Waals surface area (Å²) < 4.78 is 0. The van der Waals surface area contributed by atoms with Crippen molar-refractivity contribution in [1.82, 2.24) is 4.90 Å². The molecule has 36 heavy (non-hydrogen) atoms. The molecule has 0 radical (unpaired) electrons. The van der Waals surface area contributed by atoms with Crippen molar-refractivity contribution in [1.29, 1.82) is 0 Å². The molecule has 1 amide bonds. The molecule has 4 atom stereocenters. The molecule has 0 aromatic heterocycles. The number of likely N-dealkylation sites (N-methyl/N-ethyl adjacent to an activating group) is 1. The van der Waals surface area contributed by atoms with Crippen molar-refractivity contribution in [3.05, 3.63) is 51.0 Å². The number of phenolic OH excluding ortho intramolecular Hbond substituents is 1. The molecule has 194 valence electrons. The predicted octanol–water partition coefficient (Wildman–Crippen LogP) is 0.877. The first-order valence-corrected chi connectivity index (χ1v) is 11.8. The van der Waals surface area contributed by atoms with Gasteiger partial charge in [0.15, 0.2) is 11.4 Å². The number of primary amides is 1. The van der Waals surface area contributed by atoms with Gasteiger partial charge in [0.25, 0.3) is 5.91 Å². The molecular weight excluding hydrogens is 466 g/mol. The standard InChI is InChI=1S/C26H33N3O7/c1-25(2,3)14-8-11(9-27)12-6-10-7-13-18(29(4)5)21(32)17(24(28)35)23(34)26(13,36)22(33)15(10)20(31)16(12)19(14)30/h8,10,13,18,30,32-33,36H,6-7,9,27H2,1-5H3,(H2,28,35)/t10-,13-,18-,26+/m1/s1. The molecule has 3 aliphatic carbocycles. The topological polar surface area (TPSA) is 187 Å². The van der Waals surface area contributed by atoms with Crippen LogP contribution in [0.15, 0.2) is 28.7 Å². The first-order valence-electron chi connectivity index (χ1n) is 11.8. The lowest BCUT2D eigenvalue weighted by Gasteiger charge is -2.50. The van der Waals surface area contributed by atoms with Crippen molar-refractivity contribution in [3.63, 3.8) is 0 Å². The van der Waals surface area contributed by atoms with E-state index in [1.165, 1.54) is 4.90 Å². The number of aliphatic hydroxyl groups is 3. The average molecular weight is 500 g/mol. The molecule has 0 aliphatic heterocycles. The summed E-state index contributed by atoms with van der Waals surface area (Å²) in [6.45, 7) is 5.75. The Balaban J connectivity index is 2.00. The maximum Gasteiger partial charge on any atom is 0.255 e. The number of nitrogens with two attached hydrogens (primary N) is 2. The molecule has 1 aromatic carbocycles. The van der Waals surface area contributed by atoms with Crippen molar-refractivity contribution < 1.29 is 34.8 Å². The van der Waals surface area contributed by atoms with Crippen LogP contribution in [-0.2, 0) is 28.0 Å². The highest BCUT2D eigenvalue weighted by molar-refractivity contribution is 6.24. The van der Waals surface area contributed by atoms with Crippen LogP contribution in [0.25, 0.3) is 0 Å². The quantitative estimate of drug-likeness (QED) is 0.328. The number of benzene rings is 1. The van der Waals surface area contributed by atoms with Crippen LogP contribution in [0.3, 0.4) is 0 Å². The van der Waals surface area contributed by atoms with E-state index in [1.807, 2.05) is 20.8 Å². The lowest BCUT2D eigenvalue weighted by molar-refractivity contribution is -0.148. The van der Waals surface area contributed by atoms with Crippen LogP contribution in [0.5, 0.6) is 5.75 Å². The fraction of sp³-hybridized carbons (Fsp3) is 0.500. The minimum absolute atomic E-state index is 0.0105. The number of Topliss-reactive ketones (excluding diaryl/α,β-unsaturated/α-hetero) is 2. The fourth-order valence-electron chi connectivity index (χ4n) is 6.15. The van der Waals surface area contributed by atoms with E-state index in [1.54, 1.807) is 20.2 Å². The lowest BCUT2D eigenvalue weighted by Crippen LogP contribution is -2.63. The van der Waals surface area contributed by atoms with Gasteiger partial charge in [-0.05, 0) is 55.5 Å². The highest BCUT2D eigenvalue weighted by Gasteiger charge is 2.63. The molecular formula is C26H33N3O7. The van der Waals surface area contributed by atoms with Gasteiger partial charge in [-0.1, -0.05) is 20.8 Å². The van der Waals surface area contributed by atoms with Crippen LogP contribution in [0.4, 0.5) is 0 Å². The Kier molecular flexibility index (Phi) is 5.86. The number of aromatic hydroxyl groups is 1. The Hall–Kier alpha value is -3.21. The van der Waals surface area contributed by atoms with E-state index < -0.39 is 63.5 Å². The average Bonchev–Trinajstić information content (AvgIpc) is 2.75. The molecule has 10 heteroatoms. The third-order valence-electron chi connectivity index (χ3n) is 7.84. The van der Waals surface area contributed by atoms with Crippen LogP contribution >= 0.6 is 0 Å². The summed E-state index contributed by atoms with van der Waals surface area (Å²) >= 11 is 0. The molecule has 0 heterocycles. The van der Waals surface area contributed by atoms with Gasteiger partial charge in [0.05, 0.1) is 11.6 Å². The van der Waals surface area contributed by atoms with Crippen LogP contribution < -0.4 is 11.5 Å². The van der Waals surface area contributed by atoms with Gasteiger partial charge in [-0.25, -0.2) is 0 Å². The number of carbonyl (C=O) groups is 3.